The summed E-state index contributed by atoms with van der Waals surface area (Å²) in [6.07, 6.45) is -4.10. The average Bonchev–Trinajstić information content (AvgIpc) is 2.36. The van der Waals surface area contributed by atoms with E-state index in [1.165, 1.54) is 18.2 Å². The number of aromatic nitrogens is 1. The van der Waals surface area contributed by atoms with Gasteiger partial charge in [0.1, 0.15) is 5.75 Å². The van der Waals surface area contributed by atoms with Crippen LogP contribution >= 0.6 is 0 Å². The van der Waals surface area contributed by atoms with E-state index in [1.807, 2.05) is 25.1 Å². The molecule has 0 aliphatic carbocycles. The minimum atomic E-state index is -4.71. The first-order chi connectivity index (χ1) is 9.80. The normalized spacial score (nSPS) is 11.7. The number of hydrogen-bond acceptors (Lipinski definition) is 4. The highest BCUT2D eigenvalue weighted by Gasteiger charge is 2.31. The molecule has 7 heteroatoms. The van der Waals surface area contributed by atoms with E-state index in [2.05, 4.69) is 9.72 Å². The summed E-state index contributed by atoms with van der Waals surface area (Å²) in [7, 11) is 3.64. The van der Waals surface area contributed by atoms with Crippen molar-refractivity contribution in [3.05, 3.63) is 30.0 Å². The monoisotopic (exact) mass is 299 g/mol. The fourth-order valence-electron chi connectivity index (χ4n) is 2.08. The van der Waals surface area contributed by atoms with E-state index in [4.69, 9.17) is 5.73 Å². The van der Waals surface area contributed by atoms with Crippen LogP contribution in [0.5, 0.6) is 5.75 Å². The molecule has 0 aliphatic rings. The Kier molecular flexibility index (Phi) is 4.22. The van der Waals surface area contributed by atoms with Crippen LogP contribution in [0.4, 0.5) is 18.9 Å². The van der Waals surface area contributed by atoms with Crippen LogP contribution in [-0.2, 0) is 6.42 Å². The van der Waals surface area contributed by atoms with Gasteiger partial charge in [-0.1, -0.05) is 0 Å². The molecule has 2 N–H and O–H groups in total. The highest BCUT2D eigenvalue weighted by atomic mass is 19.4. The molecule has 21 heavy (non-hydrogen) atoms. The van der Waals surface area contributed by atoms with E-state index >= 15 is 0 Å². The molecule has 0 spiro atoms. The van der Waals surface area contributed by atoms with Crippen molar-refractivity contribution in [2.24, 2.45) is 5.73 Å². The van der Waals surface area contributed by atoms with E-state index in [0.717, 1.165) is 11.4 Å². The number of halogens is 3. The molecule has 0 amide bonds. The molecule has 2 rings (SSSR count). The number of benzene rings is 1. The highest BCUT2D eigenvalue weighted by molar-refractivity contribution is 5.92. The Morgan fingerprint density at radius 2 is 1.95 bits per heavy atom. The van der Waals surface area contributed by atoms with Crippen LogP contribution in [0, 0.1) is 0 Å². The first-order valence-electron chi connectivity index (χ1n) is 6.37. The zero-order chi connectivity index (χ0) is 15.6. The van der Waals surface area contributed by atoms with Gasteiger partial charge in [0, 0.05) is 37.3 Å². The molecule has 1 aromatic heterocycles. The summed E-state index contributed by atoms with van der Waals surface area (Å²) in [4.78, 5) is 6.22. The number of rotatable bonds is 4. The highest BCUT2D eigenvalue weighted by Crippen LogP contribution is 2.31. The molecule has 0 aliphatic heterocycles. The van der Waals surface area contributed by atoms with Gasteiger partial charge in [0.2, 0.25) is 0 Å². The molecule has 0 fully saturated rings. The Labute approximate surface area is 120 Å². The average molecular weight is 299 g/mol. The number of hydrogen-bond donors (Lipinski definition) is 1. The fraction of sp³-hybridized carbons (Fsp3) is 0.357. The molecule has 0 atom stereocenters. The van der Waals surface area contributed by atoms with E-state index < -0.39 is 6.36 Å². The lowest BCUT2D eigenvalue weighted by Crippen LogP contribution is -2.17. The van der Waals surface area contributed by atoms with Crippen LogP contribution in [0.15, 0.2) is 24.3 Å². The maximum absolute atomic E-state index is 12.3. The Bertz CT molecular complexity index is 641. The molecule has 114 valence electrons. The number of fused-ring (bicyclic) bond motifs is 1. The van der Waals surface area contributed by atoms with E-state index in [1.54, 1.807) is 0 Å². The van der Waals surface area contributed by atoms with E-state index in [9.17, 15) is 13.2 Å². The third-order valence-corrected chi connectivity index (χ3v) is 2.93. The minimum Gasteiger partial charge on any atom is -0.406 e. The van der Waals surface area contributed by atoms with Crippen molar-refractivity contribution in [2.75, 3.05) is 25.5 Å². The van der Waals surface area contributed by atoms with Crippen LogP contribution in [0.1, 0.15) is 5.69 Å². The number of alkyl halides is 3. The van der Waals surface area contributed by atoms with Crippen molar-refractivity contribution in [1.82, 2.24) is 4.98 Å². The van der Waals surface area contributed by atoms with Crippen LogP contribution in [0.2, 0.25) is 0 Å². The molecule has 4 nitrogen and oxygen atoms in total. The maximum atomic E-state index is 12.3. The predicted octanol–water partition coefficient (Wildman–Crippen LogP) is 2.70. The van der Waals surface area contributed by atoms with Crippen molar-refractivity contribution in [2.45, 2.75) is 12.8 Å². The van der Waals surface area contributed by atoms with Gasteiger partial charge in [-0.25, -0.2) is 0 Å². The second kappa shape index (κ2) is 5.77. The molecule has 0 radical (unpaired) electrons. The number of ether oxygens (including phenoxy) is 1. The molecule has 0 unspecified atom stereocenters. The first-order valence-corrected chi connectivity index (χ1v) is 6.37. The summed E-state index contributed by atoms with van der Waals surface area (Å²) in [6.45, 7) is 0.459. The lowest BCUT2D eigenvalue weighted by atomic mass is 10.1. The second-order valence-corrected chi connectivity index (χ2v) is 4.79. The first kappa shape index (κ1) is 15.4. The Morgan fingerprint density at radius 1 is 1.24 bits per heavy atom. The molecule has 0 saturated carbocycles. The molecule has 2 aromatic rings. The SMILES string of the molecule is CN(C)c1cc(CCN)nc2ccc(OC(F)(F)F)cc12. The summed E-state index contributed by atoms with van der Waals surface area (Å²) < 4.78 is 40.9. The number of nitrogens with zero attached hydrogens (tertiary/aromatic N) is 2. The molecular weight excluding hydrogens is 283 g/mol. The lowest BCUT2D eigenvalue weighted by molar-refractivity contribution is -0.274. The van der Waals surface area contributed by atoms with Crippen molar-refractivity contribution < 1.29 is 17.9 Å². The standard InChI is InChI=1S/C14H16F3N3O/c1-20(2)13-7-9(5-6-18)19-12-4-3-10(8-11(12)13)21-14(15,16)17/h3-4,7-8H,5-6,18H2,1-2H3. The van der Waals surface area contributed by atoms with Gasteiger partial charge in [-0.15, -0.1) is 13.2 Å². The van der Waals surface area contributed by atoms with Gasteiger partial charge in [0.05, 0.1) is 5.52 Å². The molecular formula is C14H16F3N3O. The molecule has 1 aromatic carbocycles. The number of nitrogens with two attached hydrogens (primary N) is 1. The van der Waals surface area contributed by atoms with E-state index in [-0.39, 0.29) is 5.75 Å². The third-order valence-electron chi connectivity index (χ3n) is 2.93. The zero-order valence-corrected chi connectivity index (χ0v) is 11.7. The van der Waals surface area contributed by atoms with Gasteiger partial charge in [-0.2, -0.15) is 0 Å². The summed E-state index contributed by atoms with van der Waals surface area (Å²) in [5.41, 5.74) is 7.71. The van der Waals surface area contributed by atoms with Gasteiger partial charge in [0.25, 0.3) is 0 Å². The lowest BCUT2D eigenvalue weighted by Gasteiger charge is -2.18. The van der Waals surface area contributed by atoms with Crippen molar-refractivity contribution >= 4 is 16.6 Å². The van der Waals surface area contributed by atoms with Crippen LogP contribution < -0.4 is 15.4 Å². The van der Waals surface area contributed by atoms with Crippen molar-refractivity contribution in [1.29, 1.82) is 0 Å². The van der Waals surface area contributed by atoms with Gasteiger partial charge in [0.15, 0.2) is 0 Å². The summed E-state index contributed by atoms with van der Waals surface area (Å²) >= 11 is 0. The van der Waals surface area contributed by atoms with Gasteiger partial charge in [-0.3, -0.25) is 4.98 Å². The van der Waals surface area contributed by atoms with Gasteiger partial charge in [-0.05, 0) is 30.8 Å². The third kappa shape index (κ3) is 3.75. The smallest absolute Gasteiger partial charge is 0.406 e. The van der Waals surface area contributed by atoms with Gasteiger partial charge >= 0.3 is 6.36 Å². The van der Waals surface area contributed by atoms with Gasteiger partial charge < -0.3 is 15.4 Å². The maximum Gasteiger partial charge on any atom is 0.573 e. The van der Waals surface area contributed by atoms with Crippen molar-refractivity contribution in [3.63, 3.8) is 0 Å². The number of anilines is 1. The Morgan fingerprint density at radius 3 is 2.52 bits per heavy atom. The molecule has 0 saturated heterocycles. The largest absolute Gasteiger partial charge is 0.573 e. The topological polar surface area (TPSA) is 51.4 Å². The minimum absolute atomic E-state index is 0.258. The van der Waals surface area contributed by atoms with Crippen LogP contribution in [-0.4, -0.2) is 32.0 Å². The zero-order valence-electron chi connectivity index (χ0n) is 11.7. The van der Waals surface area contributed by atoms with E-state index in [0.29, 0.717) is 23.9 Å². The summed E-state index contributed by atoms with van der Waals surface area (Å²) in [6, 6.07) is 5.95. The predicted molar refractivity (Wildman–Crippen MR) is 75.5 cm³/mol. The summed E-state index contributed by atoms with van der Waals surface area (Å²) in [5, 5.41) is 0.600. The Balaban J connectivity index is 2.54. The van der Waals surface area contributed by atoms with Crippen LogP contribution in [0.3, 0.4) is 0 Å². The van der Waals surface area contributed by atoms with Crippen molar-refractivity contribution in [3.8, 4) is 5.75 Å². The molecule has 1 heterocycles. The number of pyridine rings is 1. The molecule has 0 bridgehead atoms. The summed E-state index contributed by atoms with van der Waals surface area (Å²) in [5.74, 6) is -0.258. The quantitative estimate of drug-likeness (QED) is 0.943. The Hall–Kier alpha value is -2.02. The van der Waals surface area contributed by atoms with Crippen LogP contribution in [0.25, 0.3) is 10.9 Å². The fourth-order valence-corrected chi connectivity index (χ4v) is 2.08. The second-order valence-electron chi connectivity index (χ2n) is 4.79.